The molecule has 0 spiro atoms. The number of anilines is 1. The molecule has 2 rings (SSSR count). The van der Waals surface area contributed by atoms with Gasteiger partial charge in [0.2, 0.25) is 5.91 Å². The molecule has 3 nitrogen and oxygen atoms in total. The first kappa shape index (κ1) is 15.0. The van der Waals surface area contributed by atoms with Crippen LogP contribution in [0.25, 0.3) is 0 Å². The van der Waals surface area contributed by atoms with Crippen LogP contribution in [0, 0.1) is 5.82 Å². The van der Waals surface area contributed by atoms with E-state index in [0.717, 1.165) is 4.47 Å². The topological polar surface area (TPSA) is 55.1 Å². The van der Waals surface area contributed by atoms with Gasteiger partial charge in [-0.05, 0) is 61.7 Å². The molecule has 0 heterocycles. The standard InChI is InChI=1S/C14H11Br2FN2O/c15-9-6-5-8(7-11(9)17)13(14(18)20)19-12-4-2-1-3-10(12)16/h1-7,13,19H,(H2,18,20). The van der Waals surface area contributed by atoms with E-state index in [-0.39, 0.29) is 0 Å². The molecule has 0 bridgehead atoms. The molecule has 6 heteroatoms. The molecule has 2 aromatic carbocycles. The van der Waals surface area contributed by atoms with Crippen molar-refractivity contribution in [2.45, 2.75) is 6.04 Å². The molecule has 0 radical (unpaired) electrons. The Balaban J connectivity index is 2.34. The molecule has 0 saturated heterocycles. The van der Waals surface area contributed by atoms with Gasteiger partial charge in [-0.3, -0.25) is 4.79 Å². The number of carbonyl (C=O) groups excluding carboxylic acids is 1. The van der Waals surface area contributed by atoms with Crippen molar-refractivity contribution in [2.24, 2.45) is 5.73 Å². The first-order valence-corrected chi connectivity index (χ1v) is 7.33. The van der Waals surface area contributed by atoms with Gasteiger partial charge < -0.3 is 11.1 Å². The number of hydrogen-bond donors (Lipinski definition) is 2. The summed E-state index contributed by atoms with van der Waals surface area (Å²) in [6.07, 6.45) is 0. The average Bonchev–Trinajstić information content (AvgIpc) is 2.41. The van der Waals surface area contributed by atoms with Crippen LogP contribution in [-0.4, -0.2) is 5.91 Å². The van der Waals surface area contributed by atoms with E-state index in [2.05, 4.69) is 37.2 Å². The van der Waals surface area contributed by atoms with Gasteiger partial charge in [0.25, 0.3) is 0 Å². The summed E-state index contributed by atoms with van der Waals surface area (Å²) in [5, 5.41) is 3.01. The Labute approximate surface area is 132 Å². The fourth-order valence-corrected chi connectivity index (χ4v) is 2.39. The van der Waals surface area contributed by atoms with Crippen molar-refractivity contribution in [1.29, 1.82) is 0 Å². The fourth-order valence-electron chi connectivity index (χ4n) is 1.74. The summed E-state index contributed by atoms with van der Waals surface area (Å²) in [4.78, 5) is 11.6. The number of halogens is 3. The SMILES string of the molecule is NC(=O)C(Nc1ccccc1Br)c1ccc(Br)c(F)c1. The number of hydrogen-bond acceptors (Lipinski definition) is 2. The van der Waals surface area contributed by atoms with E-state index in [9.17, 15) is 9.18 Å². The molecule has 1 amide bonds. The van der Waals surface area contributed by atoms with Crippen LogP contribution in [-0.2, 0) is 4.79 Å². The van der Waals surface area contributed by atoms with Crippen molar-refractivity contribution in [3.63, 3.8) is 0 Å². The van der Waals surface area contributed by atoms with Crippen molar-refractivity contribution in [3.8, 4) is 0 Å². The lowest BCUT2D eigenvalue weighted by Gasteiger charge is -2.18. The van der Waals surface area contributed by atoms with Gasteiger partial charge in [-0.1, -0.05) is 18.2 Å². The second-order valence-corrected chi connectivity index (χ2v) is 5.84. The molecule has 1 atom stereocenters. The molecule has 0 fully saturated rings. The Hall–Kier alpha value is -1.40. The first-order valence-electron chi connectivity index (χ1n) is 5.74. The summed E-state index contributed by atoms with van der Waals surface area (Å²) in [5.74, 6) is -1.02. The van der Waals surface area contributed by atoms with Crippen molar-refractivity contribution in [2.75, 3.05) is 5.32 Å². The van der Waals surface area contributed by atoms with E-state index in [1.165, 1.54) is 6.07 Å². The molecule has 0 aliphatic rings. The lowest BCUT2D eigenvalue weighted by Crippen LogP contribution is -2.28. The number of carbonyl (C=O) groups is 1. The summed E-state index contributed by atoms with van der Waals surface area (Å²) in [5.41, 5.74) is 6.58. The lowest BCUT2D eigenvalue weighted by molar-refractivity contribution is -0.118. The number of amides is 1. The molecular formula is C14H11Br2FN2O. The highest BCUT2D eigenvalue weighted by Gasteiger charge is 2.19. The monoisotopic (exact) mass is 400 g/mol. The van der Waals surface area contributed by atoms with E-state index in [1.54, 1.807) is 18.2 Å². The molecule has 104 valence electrons. The van der Waals surface area contributed by atoms with Crippen molar-refractivity contribution in [3.05, 3.63) is 62.8 Å². The Morgan fingerprint density at radius 3 is 2.45 bits per heavy atom. The Morgan fingerprint density at radius 2 is 1.85 bits per heavy atom. The van der Waals surface area contributed by atoms with Gasteiger partial charge in [0.15, 0.2) is 0 Å². The van der Waals surface area contributed by atoms with Gasteiger partial charge in [-0.2, -0.15) is 0 Å². The fraction of sp³-hybridized carbons (Fsp3) is 0.0714. The molecule has 0 aliphatic carbocycles. The van der Waals surface area contributed by atoms with Crippen LogP contribution in [0.4, 0.5) is 10.1 Å². The third-order valence-corrected chi connectivity index (χ3v) is 4.07. The normalized spacial score (nSPS) is 11.9. The smallest absolute Gasteiger partial charge is 0.244 e. The molecule has 20 heavy (non-hydrogen) atoms. The Bertz CT molecular complexity index is 649. The summed E-state index contributed by atoms with van der Waals surface area (Å²) in [6, 6.07) is 11.0. The second-order valence-electron chi connectivity index (χ2n) is 4.13. The number of rotatable bonds is 4. The van der Waals surface area contributed by atoms with Gasteiger partial charge >= 0.3 is 0 Å². The molecular weight excluding hydrogens is 391 g/mol. The third-order valence-electron chi connectivity index (χ3n) is 2.74. The Kier molecular flexibility index (Phi) is 4.77. The van der Waals surface area contributed by atoms with Crippen LogP contribution in [0.15, 0.2) is 51.4 Å². The maximum atomic E-state index is 13.6. The lowest BCUT2D eigenvalue weighted by atomic mass is 10.1. The zero-order chi connectivity index (χ0) is 14.7. The van der Waals surface area contributed by atoms with Crippen molar-refractivity contribution < 1.29 is 9.18 Å². The number of nitrogens with one attached hydrogen (secondary N) is 1. The minimum Gasteiger partial charge on any atom is -0.369 e. The van der Waals surface area contributed by atoms with Crippen LogP contribution in [0.3, 0.4) is 0 Å². The maximum absolute atomic E-state index is 13.6. The van der Waals surface area contributed by atoms with E-state index in [4.69, 9.17) is 5.73 Å². The van der Waals surface area contributed by atoms with Crippen LogP contribution in [0.5, 0.6) is 0 Å². The molecule has 0 aromatic heterocycles. The van der Waals surface area contributed by atoms with Crippen LogP contribution < -0.4 is 11.1 Å². The number of benzene rings is 2. The second kappa shape index (κ2) is 6.37. The molecule has 0 saturated carbocycles. The molecule has 3 N–H and O–H groups in total. The van der Waals surface area contributed by atoms with Gasteiger partial charge in [-0.15, -0.1) is 0 Å². The summed E-state index contributed by atoms with van der Waals surface area (Å²) in [7, 11) is 0. The maximum Gasteiger partial charge on any atom is 0.244 e. The zero-order valence-electron chi connectivity index (χ0n) is 10.2. The van der Waals surface area contributed by atoms with Crippen LogP contribution >= 0.6 is 31.9 Å². The summed E-state index contributed by atoms with van der Waals surface area (Å²) < 4.78 is 14.7. The summed E-state index contributed by atoms with van der Waals surface area (Å²) >= 11 is 6.45. The largest absolute Gasteiger partial charge is 0.369 e. The zero-order valence-corrected chi connectivity index (χ0v) is 13.4. The van der Waals surface area contributed by atoms with E-state index in [1.807, 2.05) is 18.2 Å². The predicted molar refractivity (Wildman–Crippen MR) is 83.8 cm³/mol. The quantitative estimate of drug-likeness (QED) is 0.813. The highest BCUT2D eigenvalue weighted by Crippen LogP contribution is 2.27. The van der Waals surface area contributed by atoms with E-state index >= 15 is 0 Å². The molecule has 2 aromatic rings. The van der Waals surface area contributed by atoms with Gasteiger partial charge in [0, 0.05) is 10.2 Å². The number of nitrogens with two attached hydrogens (primary N) is 1. The van der Waals surface area contributed by atoms with Gasteiger partial charge in [0.05, 0.1) is 4.47 Å². The number of para-hydroxylation sites is 1. The number of primary amides is 1. The summed E-state index contributed by atoms with van der Waals surface area (Å²) in [6.45, 7) is 0. The van der Waals surface area contributed by atoms with Crippen LogP contribution in [0.1, 0.15) is 11.6 Å². The minimum atomic E-state index is -0.809. The minimum absolute atomic E-state index is 0.338. The predicted octanol–water partition coefficient (Wildman–Crippen LogP) is 3.99. The molecule has 0 aliphatic heterocycles. The highest BCUT2D eigenvalue weighted by molar-refractivity contribution is 9.10. The van der Waals surface area contributed by atoms with E-state index in [0.29, 0.717) is 15.7 Å². The van der Waals surface area contributed by atoms with Crippen molar-refractivity contribution >= 4 is 43.5 Å². The molecule has 1 unspecified atom stereocenters. The van der Waals surface area contributed by atoms with E-state index < -0.39 is 17.8 Å². The average molecular weight is 402 g/mol. The van der Waals surface area contributed by atoms with Crippen LogP contribution in [0.2, 0.25) is 0 Å². The Morgan fingerprint density at radius 1 is 1.15 bits per heavy atom. The van der Waals surface area contributed by atoms with Gasteiger partial charge in [-0.25, -0.2) is 4.39 Å². The highest BCUT2D eigenvalue weighted by atomic mass is 79.9. The first-order chi connectivity index (χ1) is 9.49. The van der Waals surface area contributed by atoms with Crippen molar-refractivity contribution in [1.82, 2.24) is 0 Å². The van der Waals surface area contributed by atoms with Gasteiger partial charge in [0.1, 0.15) is 11.9 Å². The third kappa shape index (κ3) is 3.37.